The number of rotatable bonds is 5. The normalized spacial score (nSPS) is 12.4. The lowest BCUT2D eigenvalue weighted by Crippen LogP contribution is -2.12. The minimum absolute atomic E-state index is 0.00662. The topological polar surface area (TPSA) is 48.1 Å². The molecule has 2 rings (SSSR count). The quantitative estimate of drug-likeness (QED) is 0.885. The molecule has 0 saturated carbocycles. The summed E-state index contributed by atoms with van der Waals surface area (Å²) in [5.41, 5.74) is 8.56. The van der Waals surface area contributed by atoms with Crippen LogP contribution in [0.25, 0.3) is 0 Å². The minimum atomic E-state index is -0.00662. The first-order valence-electron chi connectivity index (χ1n) is 5.56. The molecule has 0 aliphatic carbocycles. The molecule has 0 aliphatic rings. The van der Waals surface area contributed by atoms with Crippen LogP contribution in [-0.2, 0) is 6.42 Å². The summed E-state index contributed by atoms with van der Waals surface area (Å²) in [5.74, 6) is 0.769. The van der Waals surface area contributed by atoms with Gasteiger partial charge in [0.15, 0.2) is 0 Å². The highest BCUT2D eigenvalue weighted by molar-refractivity contribution is 7.07. The molecule has 2 heterocycles. The summed E-state index contributed by atoms with van der Waals surface area (Å²) in [6.45, 7) is 0. The maximum absolute atomic E-state index is 6.18. The number of methoxy groups -OCH3 is 1. The van der Waals surface area contributed by atoms with Crippen molar-refractivity contribution in [1.29, 1.82) is 0 Å². The van der Waals surface area contributed by atoms with Gasteiger partial charge >= 0.3 is 0 Å². The molecule has 2 N–H and O–H groups in total. The molecule has 0 saturated heterocycles. The lowest BCUT2D eigenvalue weighted by atomic mass is 10.0. The number of ether oxygens (including phenoxy) is 1. The van der Waals surface area contributed by atoms with E-state index in [1.807, 2.05) is 6.07 Å². The van der Waals surface area contributed by atoms with E-state index in [4.69, 9.17) is 10.5 Å². The largest absolute Gasteiger partial charge is 0.495 e. The summed E-state index contributed by atoms with van der Waals surface area (Å²) in [6, 6.07) is 4.06. The molecule has 0 bridgehead atoms. The van der Waals surface area contributed by atoms with Crippen LogP contribution in [0.3, 0.4) is 0 Å². The van der Waals surface area contributed by atoms with Gasteiger partial charge in [-0.3, -0.25) is 4.98 Å². The first kappa shape index (κ1) is 12.1. The maximum atomic E-state index is 6.18. The lowest BCUT2D eigenvalue weighted by Gasteiger charge is -2.14. The smallest absolute Gasteiger partial charge is 0.141 e. The van der Waals surface area contributed by atoms with Crippen molar-refractivity contribution in [2.45, 2.75) is 18.9 Å². The molecule has 0 aliphatic heterocycles. The molecule has 3 nitrogen and oxygen atoms in total. The Balaban J connectivity index is 2.01. The molecule has 17 heavy (non-hydrogen) atoms. The molecule has 0 aromatic carbocycles. The van der Waals surface area contributed by atoms with Crippen LogP contribution in [0.4, 0.5) is 0 Å². The zero-order valence-electron chi connectivity index (χ0n) is 9.80. The summed E-state index contributed by atoms with van der Waals surface area (Å²) >= 11 is 1.72. The second-order valence-corrected chi connectivity index (χ2v) is 4.67. The molecule has 0 spiro atoms. The fraction of sp³-hybridized carbons (Fsp3) is 0.308. The van der Waals surface area contributed by atoms with Crippen molar-refractivity contribution in [2.24, 2.45) is 5.73 Å². The highest BCUT2D eigenvalue weighted by Crippen LogP contribution is 2.25. The Morgan fingerprint density at radius 2 is 2.35 bits per heavy atom. The number of aromatic nitrogens is 1. The molecule has 1 unspecified atom stereocenters. The predicted molar refractivity (Wildman–Crippen MR) is 70.4 cm³/mol. The zero-order chi connectivity index (χ0) is 12.1. The van der Waals surface area contributed by atoms with Crippen molar-refractivity contribution in [2.75, 3.05) is 7.11 Å². The lowest BCUT2D eigenvalue weighted by molar-refractivity contribution is 0.402. The Bertz CT molecular complexity index is 456. The van der Waals surface area contributed by atoms with Gasteiger partial charge in [0.05, 0.1) is 13.3 Å². The number of thiophene rings is 1. The third kappa shape index (κ3) is 3.05. The average molecular weight is 248 g/mol. The standard InChI is InChI=1S/C13H16N2OS/c1-16-13-8-15-6-4-11(13)12(14)3-2-10-5-7-17-9-10/h4-9,12H,2-3,14H2,1H3. The predicted octanol–water partition coefficient (Wildman–Crippen LogP) is 2.78. The number of pyridine rings is 1. The molecule has 0 radical (unpaired) electrons. The van der Waals surface area contributed by atoms with Crippen LogP contribution in [0, 0.1) is 0 Å². The highest BCUT2D eigenvalue weighted by Gasteiger charge is 2.11. The monoisotopic (exact) mass is 248 g/mol. The van der Waals surface area contributed by atoms with Crippen LogP contribution in [0.15, 0.2) is 35.3 Å². The van der Waals surface area contributed by atoms with Gasteiger partial charge in [-0.05, 0) is 41.3 Å². The van der Waals surface area contributed by atoms with Gasteiger partial charge in [-0.15, -0.1) is 0 Å². The third-order valence-electron chi connectivity index (χ3n) is 2.76. The van der Waals surface area contributed by atoms with Crippen molar-refractivity contribution < 1.29 is 4.74 Å². The molecule has 2 aromatic heterocycles. The fourth-order valence-corrected chi connectivity index (χ4v) is 2.48. The van der Waals surface area contributed by atoms with E-state index in [0.29, 0.717) is 0 Å². The van der Waals surface area contributed by atoms with E-state index in [-0.39, 0.29) is 6.04 Å². The van der Waals surface area contributed by atoms with E-state index < -0.39 is 0 Å². The summed E-state index contributed by atoms with van der Waals surface area (Å²) in [4.78, 5) is 4.03. The molecular weight excluding hydrogens is 232 g/mol. The number of hydrogen-bond donors (Lipinski definition) is 1. The molecule has 0 amide bonds. The van der Waals surface area contributed by atoms with Gasteiger partial charge in [-0.1, -0.05) is 0 Å². The van der Waals surface area contributed by atoms with Crippen molar-refractivity contribution in [3.05, 3.63) is 46.4 Å². The van der Waals surface area contributed by atoms with E-state index >= 15 is 0 Å². The summed E-state index contributed by atoms with van der Waals surface area (Å²) in [6.07, 6.45) is 5.37. The van der Waals surface area contributed by atoms with Gasteiger partial charge in [-0.2, -0.15) is 11.3 Å². The van der Waals surface area contributed by atoms with Crippen LogP contribution in [0.2, 0.25) is 0 Å². The number of hydrogen-bond acceptors (Lipinski definition) is 4. The van der Waals surface area contributed by atoms with Crippen molar-refractivity contribution in [1.82, 2.24) is 4.98 Å². The molecule has 2 aromatic rings. The summed E-state index contributed by atoms with van der Waals surface area (Å²) in [7, 11) is 1.64. The van der Waals surface area contributed by atoms with E-state index in [1.54, 1.807) is 30.8 Å². The van der Waals surface area contributed by atoms with Crippen molar-refractivity contribution >= 4 is 11.3 Å². The molecule has 1 atom stereocenters. The molecule has 0 fully saturated rings. The molecule has 4 heteroatoms. The Morgan fingerprint density at radius 1 is 1.47 bits per heavy atom. The Labute approximate surface area is 105 Å². The van der Waals surface area contributed by atoms with Crippen LogP contribution in [0.5, 0.6) is 5.75 Å². The van der Waals surface area contributed by atoms with Gasteiger partial charge in [0, 0.05) is 17.8 Å². The second kappa shape index (κ2) is 5.80. The number of nitrogens with two attached hydrogens (primary N) is 1. The summed E-state index contributed by atoms with van der Waals surface area (Å²) < 4.78 is 5.26. The van der Waals surface area contributed by atoms with E-state index in [1.165, 1.54) is 5.56 Å². The average Bonchev–Trinajstić information content (AvgIpc) is 2.89. The SMILES string of the molecule is COc1cnccc1C(N)CCc1ccsc1. The third-order valence-corrected chi connectivity index (χ3v) is 3.49. The number of nitrogens with zero attached hydrogens (tertiary/aromatic N) is 1. The van der Waals surface area contributed by atoms with Gasteiger partial charge < -0.3 is 10.5 Å². The fourth-order valence-electron chi connectivity index (χ4n) is 1.78. The van der Waals surface area contributed by atoms with E-state index in [2.05, 4.69) is 21.8 Å². The van der Waals surface area contributed by atoms with E-state index in [0.717, 1.165) is 24.2 Å². The Hall–Kier alpha value is -1.39. The van der Waals surface area contributed by atoms with Gasteiger partial charge in [0.1, 0.15) is 5.75 Å². The maximum Gasteiger partial charge on any atom is 0.141 e. The van der Waals surface area contributed by atoms with Gasteiger partial charge in [0.2, 0.25) is 0 Å². The van der Waals surface area contributed by atoms with Gasteiger partial charge in [0.25, 0.3) is 0 Å². The minimum Gasteiger partial charge on any atom is -0.495 e. The van der Waals surface area contributed by atoms with Crippen LogP contribution in [-0.4, -0.2) is 12.1 Å². The second-order valence-electron chi connectivity index (χ2n) is 3.89. The first-order valence-corrected chi connectivity index (χ1v) is 6.50. The van der Waals surface area contributed by atoms with Crippen LogP contribution in [0.1, 0.15) is 23.6 Å². The van der Waals surface area contributed by atoms with Crippen molar-refractivity contribution in [3.8, 4) is 5.75 Å². The van der Waals surface area contributed by atoms with Crippen LogP contribution < -0.4 is 10.5 Å². The molecule has 90 valence electrons. The Kier molecular flexibility index (Phi) is 4.12. The molecular formula is C13H16N2OS. The van der Waals surface area contributed by atoms with Gasteiger partial charge in [-0.25, -0.2) is 0 Å². The number of aryl methyl sites for hydroxylation is 1. The van der Waals surface area contributed by atoms with Crippen LogP contribution >= 0.6 is 11.3 Å². The van der Waals surface area contributed by atoms with E-state index in [9.17, 15) is 0 Å². The Morgan fingerprint density at radius 3 is 3.06 bits per heavy atom. The van der Waals surface area contributed by atoms with Crippen molar-refractivity contribution in [3.63, 3.8) is 0 Å². The first-order chi connectivity index (χ1) is 8.31. The highest BCUT2D eigenvalue weighted by atomic mass is 32.1. The zero-order valence-corrected chi connectivity index (χ0v) is 10.6. The summed E-state index contributed by atoms with van der Waals surface area (Å²) in [5, 5.41) is 4.25.